The molecular weight excluding hydrogens is 596 g/mol. The van der Waals surface area contributed by atoms with Crippen molar-refractivity contribution in [2.75, 3.05) is 0 Å². The number of carbonyl (C=O) groups excluding carboxylic acids is 2. The molecule has 8 nitrogen and oxygen atoms in total. The van der Waals surface area contributed by atoms with Gasteiger partial charge < -0.3 is 24.8 Å². The van der Waals surface area contributed by atoms with E-state index in [1.165, 1.54) is 18.6 Å². The SMILES string of the molecule is CC(C)=CCCC(C)=CCc1c(O)c(CC=C(C)C)c2c(c1O)C(=O)C1=CC3CC4C(C(C)C)OC(CC=C(C)C(=O)O)(C3=O)C14O2. The molecule has 3 aliphatic carbocycles. The molecule has 4 bridgehead atoms. The molecule has 2 fully saturated rings. The number of phenolic OH excluding ortho intramolecular Hbond substituents is 2. The largest absolute Gasteiger partial charge is 0.507 e. The van der Waals surface area contributed by atoms with Crippen LogP contribution in [0.25, 0.3) is 0 Å². The van der Waals surface area contributed by atoms with Gasteiger partial charge in [-0.1, -0.05) is 60.9 Å². The Kier molecular flexibility index (Phi) is 9.23. The number of aliphatic carboxylic acids is 1. The number of ketones is 2. The highest BCUT2D eigenvalue weighted by Gasteiger charge is 2.79. The molecule has 0 radical (unpaired) electrons. The van der Waals surface area contributed by atoms with Crippen molar-refractivity contribution in [2.24, 2.45) is 17.8 Å². The highest BCUT2D eigenvalue weighted by Crippen LogP contribution is 2.67. The van der Waals surface area contributed by atoms with E-state index < -0.39 is 35.0 Å². The average Bonchev–Trinajstić information content (AvgIpc) is 3.22. The fourth-order valence-electron chi connectivity index (χ4n) is 7.87. The molecular formula is C39H48O8. The van der Waals surface area contributed by atoms with Crippen molar-refractivity contribution in [1.82, 2.24) is 0 Å². The molecule has 47 heavy (non-hydrogen) atoms. The summed E-state index contributed by atoms with van der Waals surface area (Å²) in [5.74, 6) is -3.25. The standard InChI is InChI=1S/C39H48O8/c1-20(2)10-9-11-23(7)13-15-26-31(40)27(14-12-21(3)4)35-30(32(26)41)33(42)28-18-25-19-29-34(22(5)6)46-38(36(25)43,39(28,29)47-35)17-16-24(8)37(44)45/h10,12-13,16,18,22,25,29,34,40-41H,9,11,14-15,17,19H2,1-8H3,(H,44,45). The van der Waals surface area contributed by atoms with E-state index in [1.807, 2.05) is 46.8 Å². The fourth-order valence-corrected chi connectivity index (χ4v) is 7.87. The number of ether oxygens (including phenoxy) is 2. The van der Waals surface area contributed by atoms with Gasteiger partial charge in [-0.2, -0.15) is 0 Å². The lowest BCUT2D eigenvalue weighted by Gasteiger charge is -2.56. The van der Waals surface area contributed by atoms with Gasteiger partial charge in [0, 0.05) is 40.5 Å². The Morgan fingerprint density at radius 1 is 0.957 bits per heavy atom. The van der Waals surface area contributed by atoms with Crippen LogP contribution < -0.4 is 4.74 Å². The quantitative estimate of drug-likeness (QED) is 0.167. The molecule has 1 saturated carbocycles. The van der Waals surface area contributed by atoms with Crippen molar-refractivity contribution in [3.63, 3.8) is 0 Å². The molecule has 1 aromatic rings. The van der Waals surface area contributed by atoms with Crippen LogP contribution in [0.5, 0.6) is 17.2 Å². The first-order valence-electron chi connectivity index (χ1n) is 16.7. The van der Waals surface area contributed by atoms with Gasteiger partial charge in [0.2, 0.25) is 0 Å². The van der Waals surface area contributed by atoms with E-state index in [9.17, 15) is 29.7 Å². The molecule has 5 unspecified atom stereocenters. The lowest BCUT2D eigenvalue weighted by atomic mass is 9.52. The van der Waals surface area contributed by atoms with Crippen LogP contribution in [-0.2, 0) is 27.2 Å². The Morgan fingerprint density at radius 2 is 1.62 bits per heavy atom. The van der Waals surface area contributed by atoms with Crippen molar-refractivity contribution < 1.29 is 39.2 Å². The lowest BCUT2D eigenvalue weighted by Crippen LogP contribution is -2.72. The number of carboxylic acids is 1. The molecule has 252 valence electrons. The van der Waals surface area contributed by atoms with Crippen LogP contribution in [-0.4, -0.2) is 50.2 Å². The number of fused-ring (bicyclic) bond motifs is 1. The lowest BCUT2D eigenvalue weighted by molar-refractivity contribution is -0.168. The second-order valence-electron chi connectivity index (χ2n) is 14.5. The maximum Gasteiger partial charge on any atom is 0.330 e. The topological polar surface area (TPSA) is 130 Å². The third kappa shape index (κ3) is 5.48. The summed E-state index contributed by atoms with van der Waals surface area (Å²) < 4.78 is 13.7. The minimum Gasteiger partial charge on any atom is -0.507 e. The van der Waals surface area contributed by atoms with Gasteiger partial charge in [0.05, 0.1) is 6.10 Å². The first-order chi connectivity index (χ1) is 22.1. The van der Waals surface area contributed by atoms with Gasteiger partial charge >= 0.3 is 5.97 Å². The third-order valence-electron chi connectivity index (χ3n) is 10.3. The minimum atomic E-state index is -1.65. The number of phenols is 2. The molecule has 5 aliphatic rings. The van der Waals surface area contributed by atoms with Gasteiger partial charge in [-0.25, -0.2) is 4.79 Å². The maximum absolute atomic E-state index is 14.7. The monoisotopic (exact) mass is 644 g/mol. The molecule has 2 aliphatic heterocycles. The maximum atomic E-state index is 14.7. The Bertz CT molecular complexity index is 1680. The summed E-state index contributed by atoms with van der Waals surface area (Å²) in [6.07, 6.45) is 11.3. The van der Waals surface area contributed by atoms with Crippen LogP contribution in [0.4, 0.5) is 0 Å². The molecule has 1 saturated heterocycles. The van der Waals surface area contributed by atoms with Crippen LogP contribution in [0, 0.1) is 17.8 Å². The fraction of sp³-hybridized carbons (Fsp3) is 0.513. The van der Waals surface area contributed by atoms with Crippen LogP contribution in [0.3, 0.4) is 0 Å². The second kappa shape index (κ2) is 12.6. The number of carbonyl (C=O) groups is 3. The van der Waals surface area contributed by atoms with E-state index in [2.05, 4.69) is 19.9 Å². The molecule has 8 heteroatoms. The summed E-state index contributed by atoms with van der Waals surface area (Å²) >= 11 is 0. The smallest absolute Gasteiger partial charge is 0.330 e. The third-order valence-corrected chi connectivity index (χ3v) is 10.3. The molecule has 1 spiro atoms. The zero-order chi connectivity index (χ0) is 34.6. The van der Waals surface area contributed by atoms with Gasteiger partial charge in [-0.3, -0.25) is 9.59 Å². The van der Waals surface area contributed by atoms with Crippen LogP contribution in [0.1, 0.15) is 103 Å². The molecule has 0 amide bonds. The molecule has 3 N–H and O–H groups in total. The number of aromatic hydroxyl groups is 2. The van der Waals surface area contributed by atoms with E-state index in [4.69, 9.17) is 9.47 Å². The Labute approximate surface area is 277 Å². The number of rotatable bonds is 11. The van der Waals surface area contributed by atoms with Crippen LogP contribution in [0.2, 0.25) is 0 Å². The highest BCUT2D eigenvalue weighted by molar-refractivity contribution is 6.18. The van der Waals surface area contributed by atoms with Crippen molar-refractivity contribution >= 4 is 17.5 Å². The second-order valence-corrected chi connectivity index (χ2v) is 14.5. The number of benzene rings is 1. The summed E-state index contributed by atoms with van der Waals surface area (Å²) in [6, 6.07) is 0. The Morgan fingerprint density at radius 3 is 2.23 bits per heavy atom. The Hall–Kier alpha value is -3.91. The van der Waals surface area contributed by atoms with E-state index in [0.29, 0.717) is 12.0 Å². The zero-order valence-electron chi connectivity index (χ0n) is 28.8. The number of carboxylic acid groups (broad SMARTS) is 1. The number of allylic oxidation sites excluding steroid dienone is 7. The molecule has 6 rings (SSSR count). The summed E-state index contributed by atoms with van der Waals surface area (Å²) in [5, 5.41) is 33.1. The van der Waals surface area contributed by atoms with Crippen LogP contribution >= 0.6 is 0 Å². The van der Waals surface area contributed by atoms with Gasteiger partial charge in [-0.15, -0.1) is 0 Å². The predicted molar refractivity (Wildman–Crippen MR) is 180 cm³/mol. The van der Waals surface area contributed by atoms with Gasteiger partial charge in [0.15, 0.2) is 22.8 Å². The number of hydrogen-bond donors (Lipinski definition) is 3. The van der Waals surface area contributed by atoms with Crippen molar-refractivity contribution in [1.29, 1.82) is 0 Å². The molecule has 2 heterocycles. The van der Waals surface area contributed by atoms with Gasteiger partial charge in [0.25, 0.3) is 0 Å². The molecule has 5 atom stereocenters. The number of hydrogen-bond acceptors (Lipinski definition) is 7. The summed E-state index contributed by atoms with van der Waals surface area (Å²) in [5.41, 5.74) is 1.05. The van der Waals surface area contributed by atoms with E-state index in [0.717, 1.165) is 24.0 Å². The van der Waals surface area contributed by atoms with E-state index in [-0.39, 0.29) is 76.4 Å². The van der Waals surface area contributed by atoms with Gasteiger partial charge in [0.1, 0.15) is 22.8 Å². The summed E-state index contributed by atoms with van der Waals surface area (Å²) in [7, 11) is 0. The zero-order valence-corrected chi connectivity index (χ0v) is 28.8. The van der Waals surface area contributed by atoms with Crippen LogP contribution in [0.15, 0.2) is 58.2 Å². The molecule has 1 aromatic carbocycles. The van der Waals surface area contributed by atoms with Gasteiger partial charge in [-0.05, 0) is 79.6 Å². The predicted octanol–water partition coefficient (Wildman–Crippen LogP) is 7.52. The molecule has 0 aromatic heterocycles. The first kappa shape index (κ1) is 34.4. The summed E-state index contributed by atoms with van der Waals surface area (Å²) in [4.78, 5) is 40.8. The van der Waals surface area contributed by atoms with E-state index in [1.54, 1.807) is 6.08 Å². The minimum absolute atomic E-state index is 0.0182. The Balaban J connectivity index is 1.72. The highest BCUT2D eigenvalue weighted by atomic mass is 16.6. The van der Waals surface area contributed by atoms with Crippen molar-refractivity contribution in [2.45, 2.75) is 111 Å². The summed E-state index contributed by atoms with van der Waals surface area (Å²) in [6.45, 7) is 15.4. The normalized spacial score (nSPS) is 27.7. The van der Waals surface area contributed by atoms with Crippen molar-refractivity contribution in [3.05, 3.63) is 74.9 Å². The number of Topliss-reactive ketones (excluding diaryl/α,β-unsaturated/α-hetero) is 2. The van der Waals surface area contributed by atoms with Crippen molar-refractivity contribution in [3.8, 4) is 17.2 Å². The first-order valence-corrected chi connectivity index (χ1v) is 16.7. The average molecular weight is 645 g/mol. The van der Waals surface area contributed by atoms with E-state index >= 15 is 0 Å².